The van der Waals surface area contributed by atoms with Crippen LogP contribution in [0.2, 0.25) is 0 Å². The fourth-order valence-electron chi connectivity index (χ4n) is 1.10. The van der Waals surface area contributed by atoms with E-state index in [4.69, 9.17) is 0 Å². The zero-order chi connectivity index (χ0) is 13.1. The Kier molecular flexibility index (Phi) is 4.34. The molecule has 0 atom stereocenters. The second-order valence-corrected chi connectivity index (χ2v) is 4.05. The molecule has 0 saturated carbocycles. The average molecular weight is 307 g/mol. The molecule has 92 valence electrons. The van der Waals surface area contributed by atoms with Crippen LogP contribution in [0.4, 0.5) is 8.78 Å². The molecule has 0 aromatic heterocycles. The minimum absolute atomic E-state index is 0.206. The topological polar surface area (TPSA) is 43.4 Å². The van der Waals surface area contributed by atoms with Gasteiger partial charge in [-0.05, 0) is 19.1 Å². The molecular weight excluding hydrogens is 298 g/mol. The summed E-state index contributed by atoms with van der Waals surface area (Å²) in [5, 5.41) is 0. The molecule has 6 heteroatoms. The maximum absolute atomic E-state index is 13.3. The number of carbonyl (C=O) groups excluding carboxylic acids is 2. The zero-order valence-electron chi connectivity index (χ0n) is 8.88. The maximum atomic E-state index is 13.3. The summed E-state index contributed by atoms with van der Waals surface area (Å²) in [5.41, 5.74) is -0.244. The van der Waals surface area contributed by atoms with Crippen LogP contribution < -0.4 is 0 Å². The van der Waals surface area contributed by atoms with Gasteiger partial charge in [0, 0.05) is 10.0 Å². The Labute approximate surface area is 105 Å². The highest BCUT2D eigenvalue weighted by Gasteiger charge is 2.49. The van der Waals surface area contributed by atoms with Crippen LogP contribution in [0.25, 0.3) is 0 Å². The number of ketones is 1. The lowest BCUT2D eigenvalue weighted by Crippen LogP contribution is -2.39. The molecule has 0 spiro atoms. The maximum Gasteiger partial charge on any atom is 0.404 e. The number of rotatable bonds is 4. The number of benzene rings is 1. The van der Waals surface area contributed by atoms with E-state index in [-0.39, 0.29) is 12.2 Å². The molecule has 0 unspecified atom stereocenters. The monoisotopic (exact) mass is 306 g/mol. The molecule has 1 aromatic rings. The van der Waals surface area contributed by atoms with E-state index in [1.165, 1.54) is 31.2 Å². The Bertz CT molecular complexity index is 429. The third kappa shape index (κ3) is 3.09. The molecule has 0 aliphatic rings. The van der Waals surface area contributed by atoms with Gasteiger partial charge in [-0.25, -0.2) is 4.79 Å². The standard InChI is InChI=1S/C11H9BrF2O3/c1-2-17-10(16)11(13,14)9(15)7-3-5-8(12)6-4-7/h3-6H,2H2,1H3. The first-order chi connectivity index (χ1) is 7.89. The number of hydrogen-bond donors (Lipinski definition) is 0. The molecule has 3 nitrogen and oxygen atoms in total. The first-order valence-corrected chi connectivity index (χ1v) is 5.54. The quantitative estimate of drug-likeness (QED) is 0.488. The average Bonchev–Trinajstić information content (AvgIpc) is 2.29. The highest BCUT2D eigenvalue weighted by molar-refractivity contribution is 9.10. The number of hydrogen-bond acceptors (Lipinski definition) is 3. The second-order valence-electron chi connectivity index (χ2n) is 3.13. The molecular formula is C11H9BrF2O3. The summed E-state index contributed by atoms with van der Waals surface area (Å²) in [7, 11) is 0. The fraction of sp³-hybridized carbons (Fsp3) is 0.273. The smallest absolute Gasteiger partial charge is 0.404 e. The first kappa shape index (κ1) is 13.8. The van der Waals surface area contributed by atoms with Crippen molar-refractivity contribution in [2.24, 2.45) is 0 Å². The van der Waals surface area contributed by atoms with E-state index in [0.717, 1.165) is 0 Å². The van der Waals surface area contributed by atoms with Crippen molar-refractivity contribution in [3.63, 3.8) is 0 Å². The van der Waals surface area contributed by atoms with E-state index >= 15 is 0 Å². The highest BCUT2D eigenvalue weighted by Crippen LogP contribution is 2.23. The van der Waals surface area contributed by atoms with Crippen molar-refractivity contribution in [3.05, 3.63) is 34.3 Å². The Balaban J connectivity index is 2.95. The Morgan fingerprint density at radius 2 is 1.82 bits per heavy atom. The summed E-state index contributed by atoms with van der Waals surface area (Å²) in [6.07, 6.45) is 0. The van der Waals surface area contributed by atoms with Gasteiger partial charge in [0.05, 0.1) is 6.61 Å². The van der Waals surface area contributed by atoms with Crippen LogP contribution in [0, 0.1) is 0 Å². The minimum Gasteiger partial charge on any atom is -0.461 e. The van der Waals surface area contributed by atoms with E-state index in [1.807, 2.05) is 0 Å². The molecule has 0 heterocycles. The number of alkyl halides is 2. The predicted molar refractivity (Wildman–Crippen MR) is 60.1 cm³/mol. The van der Waals surface area contributed by atoms with Gasteiger partial charge in [0.1, 0.15) is 0 Å². The van der Waals surface area contributed by atoms with Crippen LogP contribution in [0.3, 0.4) is 0 Å². The highest BCUT2D eigenvalue weighted by atomic mass is 79.9. The molecule has 0 aliphatic heterocycles. The number of halogens is 3. The second kappa shape index (κ2) is 5.35. The normalized spacial score (nSPS) is 11.1. The van der Waals surface area contributed by atoms with Gasteiger partial charge >= 0.3 is 11.9 Å². The van der Waals surface area contributed by atoms with Gasteiger partial charge in [-0.3, -0.25) is 4.79 Å². The molecule has 0 amide bonds. The van der Waals surface area contributed by atoms with Crippen LogP contribution in [0.1, 0.15) is 17.3 Å². The Hall–Kier alpha value is -1.30. The first-order valence-electron chi connectivity index (χ1n) is 4.75. The molecule has 17 heavy (non-hydrogen) atoms. The van der Waals surface area contributed by atoms with Gasteiger partial charge < -0.3 is 4.74 Å². The van der Waals surface area contributed by atoms with Crippen LogP contribution in [0.15, 0.2) is 28.7 Å². The molecule has 0 bridgehead atoms. The van der Waals surface area contributed by atoms with Gasteiger partial charge in [0.15, 0.2) is 0 Å². The largest absolute Gasteiger partial charge is 0.461 e. The van der Waals surface area contributed by atoms with Gasteiger partial charge in [-0.2, -0.15) is 8.78 Å². The van der Waals surface area contributed by atoms with Crippen molar-refractivity contribution in [2.45, 2.75) is 12.8 Å². The van der Waals surface area contributed by atoms with E-state index in [1.54, 1.807) is 0 Å². The lowest BCUT2D eigenvalue weighted by Gasteiger charge is -2.13. The number of ether oxygens (including phenoxy) is 1. The van der Waals surface area contributed by atoms with E-state index in [9.17, 15) is 18.4 Å². The zero-order valence-corrected chi connectivity index (χ0v) is 10.5. The van der Waals surface area contributed by atoms with Crippen LogP contribution in [-0.2, 0) is 9.53 Å². The van der Waals surface area contributed by atoms with Crippen LogP contribution in [-0.4, -0.2) is 24.3 Å². The van der Waals surface area contributed by atoms with Gasteiger partial charge in [0.25, 0.3) is 0 Å². The molecule has 0 aliphatic carbocycles. The summed E-state index contributed by atoms with van der Waals surface area (Å²) >= 11 is 3.11. The van der Waals surface area contributed by atoms with E-state index in [2.05, 4.69) is 20.7 Å². The molecule has 0 saturated heterocycles. The van der Waals surface area contributed by atoms with Crippen molar-refractivity contribution in [1.29, 1.82) is 0 Å². The summed E-state index contributed by atoms with van der Waals surface area (Å²) in [5.74, 6) is -7.54. The third-order valence-corrected chi connectivity index (χ3v) is 2.45. The van der Waals surface area contributed by atoms with E-state index in [0.29, 0.717) is 4.47 Å². The van der Waals surface area contributed by atoms with Gasteiger partial charge in [-0.1, -0.05) is 28.1 Å². The lowest BCUT2D eigenvalue weighted by molar-refractivity contribution is -0.164. The number of Topliss-reactive ketones (excluding diaryl/α,β-unsaturated/α-hetero) is 1. The minimum atomic E-state index is -4.15. The lowest BCUT2D eigenvalue weighted by atomic mass is 10.1. The molecule has 0 N–H and O–H groups in total. The van der Waals surface area contributed by atoms with Crippen molar-refractivity contribution in [2.75, 3.05) is 6.61 Å². The van der Waals surface area contributed by atoms with Crippen LogP contribution >= 0.6 is 15.9 Å². The van der Waals surface area contributed by atoms with Gasteiger partial charge in [-0.15, -0.1) is 0 Å². The number of carbonyl (C=O) groups is 2. The molecule has 1 rings (SSSR count). The van der Waals surface area contributed by atoms with Crippen molar-refractivity contribution >= 4 is 27.7 Å². The number of esters is 1. The Morgan fingerprint density at radius 3 is 2.29 bits per heavy atom. The van der Waals surface area contributed by atoms with Crippen molar-refractivity contribution in [3.8, 4) is 0 Å². The van der Waals surface area contributed by atoms with Crippen molar-refractivity contribution in [1.82, 2.24) is 0 Å². The van der Waals surface area contributed by atoms with E-state index < -0.39 is 17.7 Å². The van der Waals surface area contributed by atoms with Gasteiger partial charge in [0.2, 0.25) is 5.78 Å². The predicted octanol–water partition coefficient (Wildman–Crippen LogP) is 2.83. The fourth-order valence-corrected chi connectivity index (χ4v) is 1.36. The molecule has 1 aromatic carbocycles. The van der Waals surface area contributed by atoms with Crippen LogP contribution in [0.5, 0.6) is 0 Å². The summed E-state index contributed by atoms with van der Waals surface area (Å²) in [6.45, 7) is 1.18. The Morgan fingerprint density at radius 1 is 1.29 bits per heavy atom. The molecule has 0 fully saturated rings. The summed E-state index contributed by atoms with van der Waals surface area (Å²) < 4.78 is 31.5. The third-order valence-electron chi connectivity index (χ3n) is 1.92. The molecule has 0 radical (unpaired) electrons. The van der Waals surface area contributed by atoms with Crippen molar-refractivity contribution < 1.29 is 23.1 Å². The summed E-state index contributed by atoms with van der Waals surface area (Å²) in [4.78, 5) is 22.4. The summed E-state index contributed by atoms with van der Waals surface area (Å²) in [6, 6.07) is 5.29. The SMILES string of the molecule is CCOC(=O)C(F)(F)C(=O)c1ccc(Br)cc1.